The van der Waals surface area contributed by atoms with Gasteiger partial charge in [0.15, 0.2) is 0 Å². The summed E-state index contributed by atoms with van der Waals surface area (Å²) in [6.07, 6.45) is 1.53. The second-order valence-electron chi connectivity index (χ2n) is 4.96. The summed E-state index contributed by atoms with van der Waals surface area (Å²) in [4.78, 5) is 23.9. The standard InChI is InChI=1S/C18H18N2O3/c1-12-5-3-4-6-15(12)18(22)20-16(17(19)21)11-13-7-9-14(23-2)10-8-13/h3-11H,1-2H3,(H2,19,21)(H,20,22)/b16-11+. The third-order valence-corrected chi connectivity index (χ3v) is 3.33. The first-order valence-electron chi connectivity index (χ1n) is 7.04. The molecule has 5 heteroatoms. The van der Waals surface area contributed by atoms with E-state index in [-0.39, 0.29) is 11.6 Å². The van der Waals surface area contributed by atoms with Gasteiger partial charge in [-0.25, -0.2) is 0 Å². The second kappa shape index (κ2) is 7.26. The molecule has 0 heterocycles. The molecule has 0 aliphatic heterocycles. The molecule has 2 aromatic rings. The minimum atomic E-state index is -0.706. The highest BCUT2D eigenvalue weighted by molar-refractivity contribution is 6.05. The van der Waals surface area contributed by atoms with Crippen LogP contribution in [0, 0.1) is 6.92 Å². The molecule has 0 bridgehead atoms. The van der Waals surface area contributed by atoms with Crippen LogP contribution in [0.25, 0.3) is 6.08 Å². The molecule has 0 aromatic heterocycles. The maximum Gasteiger partial charge on any atom is 0.265 e. The summed E-state index contributed by atoms with van der Waals surface area (Å²) in [5.74, 6) is -0.379. The van der Waals surface area contributed by atoms with Gasteiger partial charge in [-0.15, -0.1) is 0 Å². The van der Waals surface area contributed by atoms with Gasteiger partial charge in [0, 0.05) is 5.56 Å². The summed E-state index contributed by atoms with van der Waals surface area (Å²) < 4.78 is 5.08. The number of rotatable bonds is 5. The predicted octanol–water partition coefficient (Wildman–Crippen LogP) is 2.26. The molecule has 0 fully saturated rings. The fourth-order valence-electron chi connectivity index (χ4n) is 2.05. The number of nitrogens with two attached hydrogens (primary N) is 1. The summed E-state index contributed by atoms with van der Waals surface area (Å²) in [5.41, 5.74) is 7.43. The number of methoxy groups -OCH3 is 1. The number of nitrogens with one attached hydrogen (secondary N) is 1. The van der Waals surface area contributed by atoms with Crippen LogP contribution in [0.2, 0.25) is 0 Å². The Morgan fingerprint density at radius 1 is 1.09 bits per heavy atom. The van der Waals surface area contributed by atoms with Gasteiger partial charge in [-0.1, -0.05) is 30.3 Å². The fourth-order valence-corrected chi connectivity index (χ4v) is 2.05. The minimum absolute atomic E-state index is 0.0309. The highest BCUT2D eigenvalue weighted by Gasteiger charge is 2.13. The number of primary amides is 1. The molecule has 2 aromatic carbocycles. The SMILES string of the molecule is COc1ccc(/C=C(/NC(=O)c2ccccc2C)C(N)=O)cc1. The molecule has 0 saturated carbocycles. The van der Waals surface area contributed by atoms with E-state index in [1.54, 1.807) is 43.5 Å². The molecule has 0 saturated heterocycles. The van der Waals surface area contributed by atoms with Crippen molar-refractivity contribution < 1.29 is 14.3 Å². The van der Waals surface area contributed by atoms with E-state index < -0.39 is 5.91 Å². The second-order valence-corrected chi connectivity index (χ2v) is 4.96. The van der Waals surface area contributed by atoms with Crippen LogP contribution in [0.5, 0.6) is 5.75 Å². The minimum Gasteiger partial charge on any atom is -0.497 e. The zero-order chi connectivity index (χ0) is 16.8. The topological polar surface area (TPSA) is 81.4 Å². The van der Waals surface area contributed by atoms with Gasteiger partial charge >= 0.3 is 0 Å². The number of benzene rings is 2. The molecule has 2 rings (SSSR count). The average molecular weight is 310 g/mol. The molecule has 0 aliphatic carbocycles. The molecular formula is C18H18N2O3. The number of amides is 2. The number of carbonyl (C=O) groups is 2. The Morgan fingerprint density at radius 3 is 2.30 bits per heavy atom. The van der Waals surface area contributed by atoms with Gasteiger partial charge in [0.05, 0.1) is 7.11 Å². The molecule has 3 N–H and O–H groups in total. The zero-order valence-electron chi connectivity index (χ0n) is 13.0. The lowest BCUT2D eigenvalue weighted by molar-refractivity contribution is -0.114. The molecule has 0 unspecified atom stereocenters. The average Bonchev–Trinajstić information content (AvgIpc) is 2.55. The first-order valence-corrected chi connectivity index (χ1v) is 7.04. The maximum atomic E-state index is 12.3. The largest absolute Gasteiger partial charge is 0.497 e. The summed E-state index contributed by atoms with van der Waals surface area (Å²) >= 11 is 0. The van der Waals surface area contributed by atoms with Crippen LogP contribution in [0.4, 0.5) is 0 Å². The first-order chi connectivity index (χ1) is 11.0. The fraction of sp³-hybridized carbons (Fsp3) is 0.111. The van der Waals surface area contributed by atoms with Crippen LogP contribution < -0.4 is 15.8 Å². The Kier molecular flexibility index (Phi) is 5.15. The van der Waals surface area contributed by atoms with Gasteiger partial charge in [-0.2, -0.15) is 0 Å². The third-order valence-electron chi connectivity index (χ3n) is 3.33. The summed E-state index contributed by atoms with van der Waals surface area (Å²) in [5, 5.41) is 2.57. The number of hydrogen-bond acceptors (Lipinski definition) is 3. The van der Waals surface area contributed by atoms with Crippen molar-refractivity contribution in [2.45, 2.75) is 6.92 Å². The highest BCUT2D eigenvalue weighted by Crippen LogP contribution is 2.14. The smallest absolute Gasteiger partial charge is 0.265 e. The van der Waals surface area contributed by atoms with Crippen LogP contribution in [-0.4, -0.2) is 18.9 Å². The summed E-state index contributed by atoms with van der Waals surface area (Å²) in [6.45, 7) is 1.83. The molecular weight excluding hydrogens is 292 g/mol. The van der Waals surface area contributed by atoms with Crippen LogP contribution >= 0.6 is 0 Å². The van der Waals surface area contributed by atoms with Gasteiger partial charge in [-0.3, -0.25) is 9.59 Å². The van der Waals surface area contributed by atoms with E-state index in [9.17, 15) is 9.59 Å². The predicted molar refractivity (Wildman–Crippen MR) is 88.8 cm³/mol. The van der Waals surface area contributed by atoms with E-state index in [1.807, 2.05) is 19.1 Å². The van der Waals surface area contributed by atoms with Crippen LogP contribution in [0.1, 0.15) is 21.5 Å². The van der Waals surface area contributed by atoms with E-state index in [1.165, 1.54) is 6.08 Å². The van der Waals surface area contributed by atoms with Gasteiger partial charge in [0.2, 0.25) is 0 Å². The highest BCUT2D eigenvalue weighted by atomic mass is 16.5. The molecule has 23 heavy (non-hydrogen) atoms. The monoisotopic (exact) mass is 310 g/mol. The number of ether oxygens (including phenoxy) is 1. The van der Waals surface area contributed by atoms with E-state index in [0.29, 0.717) is 11.3 Å². The molecule has 2 amide bonds. The summed E-state index contributed by atoms with van der Waals surface area (Å²) in [7, 11) is 1.57. The van der Waals surface area contributed by atoms with Gasteiger partial charge in [-0.05, 0) is 42.3 Å². The first kappa shape index (κ1) is 16.3. The van der Waals surface area contributed by atoms with E-state index in [0.717, 1.165) is 11.1 Å². The zero-order valence-corrected chi connectivity index (χ0v) is 13.0. The molecule has 0 radical (unpaired) electrons. The number of carbonyl (C=O) groups excluding carboxylic acids is 2. The van der Waals surface area contributed by atoms with Crippen molar-refractivity contribution in [3.63, 3.8) is 0 Å². The van der Waals surface area contributed by atoms with Crippen LogP contribution in [0.3, 0.4) is 0 Å². The van der Waals surface area contributed by atoms with Crippen molar-refractivity contribution in [3.8, 4) is 5.75 Å². The normalized spacial score (nSPS) is 11.0. The summed E-state index contributed by atoms with van der Waals surface area (Å²) in [6, 6.07) is 14.2. The van der Waals surface area contributed by atoms with Crippen molar-refractivity contribution in [2.75, 3.05) is 7.11 Å². The number of aryl methyl sites for hydroxylation is 1. The molecule has 5 nitrogen and oxygen atoms in total. The van der Waals surface area contributed by atoms with Gasteiger partial charge in [0.1, 0.15) is 11.4 Å². The van der Waals surface area contributed by atoms with Gasteiger partial charge < -0.3 is 15.8 Å². The Labute approximate surface area is 134 Å². The van der Waals surface area contributed by atoms with Crippen molar-refractivity contribution in [2.24, 2.45) is 5.73 Å². The van der Waals surface area contributed by atoms with E-state index >= 15 is 0 Å². The van der Waals surface area contributed by atoms with Crippen molar-refractivity contribution in [1.29, 1.82) is 0 Å². The lowest BCUT2D eigenvalue weighted by Gasteiger charge is -2.09. The van der Waals surface area contributed by atoms with Crippen LogP contribution in [-0.2, 0) is 4.79 Å². The quantitative estimate of drug-likeness (QED) is 0.831. The molecule has 0 spiro atoms. The van der Waals surface area contributed by atoms with Crippen molar-refractivity contribution in [1.82, 2.24) is 5.32 Å². The van der Waals surface area contributed by atoms with Crippen LogP contribution in [0.15, 0.2) is 54.2 Å². The van der Waals surface area contributed by atoms with Gasteiger partial charge in [0.25, 0.3) is 11.8 Å². The Bertz CT molecular complexity index is 749. The lowest BCUT2D eigenvalue weighted by atomic mass is 10.1. The third kappa shape index (κ3) is 4.20. The molecule has 0 aliphatic rings. The van der Waals surface area contributed by atoms with E-state index in [2.05, 4.69) is 5.32 Å². The van der Waals surface area contributed by atoms with E-state index in [4.69, 9.17) is 10.5 Å². The number of hydrogen-bond donors (Lipinski definition) is 2. The Morgan fingerprint density at radius 2 is 1.74 bits per heavy atom. The molecule has 0 atom stereocenters. The lowest BCUT2D eigenvalue weighted by Crippen LogP contribution is -2.31. The Balaban J connectivity index is 2.24. The Hall–Kier alpha value is -3.08. The van der Waals surface area contributed by atoms with Crippen molar-refractivity contribution >= 4 is 17.9 Å². The van der Waals surface area contributed by atoms with Crippen molar-refractivity contribution in [3.05, 3.63) is 70.9 Å². The maximum absolute atomic E-state index is 12.3. The molecule has 118 valence electrons.